The number of benzene rings is 1. The molecule has 0 spiro atoms. The molecule has 7 heteroatoms. The van der Waals surface area contributed by atoms with Crippen LogP contribution in [0.2, 0.25) is 0 Å². The van der Waals surface area contributed by atoms with Gasteiger partial charge in [-0.25, -0.2) is 9.18 Å². The number of nitrogens with one attached hydrogen (secondary N) is 2. The molecule has 0 saturated heterocycles. The van der Waals surface area contributed by atoms with Gasteiger partial charge in [0.05, 0.1) is 6.04 Å². The Bertz CT molecular complexity index is 479. The molecule has 0 bridgehead atoms. The predicted molar refractivity (Wildman–Crippen MR) is 76.6 cm³/mol. The van der Waals surface area contributed by atoms with Crippen molar-refractivity contribution in [2.45, 2.75) is 13.0 Å². The van der Waals surface area contributed by atoms with Crippen LogP contribution in [0.4, 0.5) is 9.18 Å². The first-order valence-electron chi connectivity index (χ1n) is 6.55. The molecule has 0 radical (unpaired) electrons. The average Bonchev–Trinajstić information content (AvgIpc) is 2.48. The van der Waals surface area contributed by atoms with E-state index in [2.05, 4.69) is 10.6 Å². The standard InChI is InChI=1S/C14H20FN3O3/c1-10(13(19)17-14(20)16-2)18(3)8-9-21-12-6-4-11(15)5-7-12/h4-7,10H,8-9H2,1-3H3,(H2,16,17,19,20). The van der Waals surface area contributed by atoms with E-state index in [9.17, 15) is 14.0 Å². The Balaban J connectivity index is 2.35. The molecule has 0 aliphatic rings. The summed E-state index contributed by atoms with van der Waals surface area (Å²) in [5.41, 5.74) is 0. The second kappa shape index (κ2) is 8.21. The molecule has 0 aliphatic carbocycles. The van der Waals surface area contributed by atoms with Crippen LogP contribution in [0.5, 0.6) is 5.75 Å². The SMILES string of the molecule is CNC(=O)NC(=O)C(C)N(C)CCOc1ccc(F)cc1. The van der Waals surface area contributed by atoms with Crippen molar-refractivity contribution < 1.29 is 18.7 Å². The molecule has 6 nitrogen and oxygen atoms in total. The maximum atomic E-state index is 12.7. The lowest BCUT2D eigenvalue weighted by Gasteiger charge is -2.23. The molecule has 0 aliphatic heterocycles. The van der Waals surface area contributed by atoms with Crippen LogP contribution in [0.25, 0.3) is 0 Å². The van der Waals surface area contributed by atoms with E-state index in [1.54, 1.807) is 18.9 Å². The number of ether oxygens (including phenoxy) is 1. The maximum absolute atomic E-state index is 12.7. The summed E-state index contributed by atoms with van der Waals surface area (Å²) < 4.78 is 18.2. The van der Waals surface area contributed by atoms with Crippen LogP contribution in [-0.2, 0) is 4.79 Å². The number of rotatable bonds is 6. The van der Waals surface area contributed by atoms with E-state index in [0.29, 0.717) is 18.9 Å². The highest BCUT2D eigenvalue weighted by Crippen LogP contribution is 2.10. The maximum Gasteiger partial charge on any atom is 0.321 e. The fraction of sp³-hybridized carbons (Fsp3) is 0.429. The minimum absolute atomic E-state index is 0.320. The Morgan fingerprint density at radius 3 is 2.52 bits per heavy atom. The largest absolute Gasteiger partial charge is 0.492 e. The summed E-state index contributed by atoms with van der Waals surface area (Å²) in [7, 11) is 3.19. The molecule has 1 aromatic carbocycles. The summed E-state index contributed by atoms with van der Waals surface area (Å²) in [5.74, 6) is -0.148. The zero-order valence-electron chi connectivity index (χ0n) is 12.4. The van der Waals surface area contributed by atoms with Gasteiger partial charge in [0.15, 0.2) is 0 Å². The normalized spacial score (nSPS) is 11.9. The Kier molecular flexibility index (Phi) is 6.61. The topological polar surface area (TPSA) is 70.7 Å². The number of likely N-dealkylation sites (N-methyl/N-ethyl adjacent to an activating group) is 1. The van der Waals surface area contributed by atoms with Crippen molar-refractivity contribution in [2.75, 3.05) is 27.2 Å². The zero-order chi connectivity index (χ0) is 15.8. The highest BCUT2D eigenvalue weighted by atomic mass is 19.1. The van der Waals surface area contributed by atoms with E-state index >= 15 is 0 Å². The third-order valence-corrected chi connectivity index (χ3v) is 3.03. The second-order valence-corrected chi connectivity index (χ2v) is 4.53. The summed E-state index contributed by atoms with van der Waals surface area (Å²) in [6, 6.07) is 4.70. The van der Waals surface area contributed by atoms with Crippen LogP contribution in [0.15, 0.2) is 24.3 Å². The molecule has 0 aromatic heterocycles. The lowest BCUT2D eigenvalue weighted by atomic mass is 10.3. The van der Waals surface area contributed by atoms with Crippen LogP contribution >= 0.6 is 0 Å². The molecule has 0 fully saturated rings. The van der Waals surface area contributed by atoms with E-state index in [1.165, 1.54) is 31.3 Å². The number of amides is 3. The Morgan fingerprint density at radius 1 is 1.33 bits per heavy atom. The van der Waals surface area contributed by atoms with Gasteiger partial charge in [0.2, 0.25) is 5.91 Å². The predicted octanol–water partition coefficient (Wildman–Crippen LogP) is 0.980. The number of hydrogen-bond acceptors (Lipinski definition) is 4. The van der Waals surface area contributed by atoms with Gasteiger partial charge in [-0.1, -0.05) is 0 Å². The zero-order valence-corrected chi connectivity index (χ0v) is 12.4. The number of urea groups is 1. The number of hydrogen-bond donors (Lipinski definition) is 2. The third-order valence-electron chi connectivity index (χ3n) is 3.03. The molecule has 1 rings (SSSR count). The van der Waals surface area contributed by atoms with Gasteiger partial charge < -0.3 is 10.1 Å². The van der Waals surface area contributed by atoms with Crippen LogP contribution < -0.4 is 15.4 Å². The van der Waals surface area contributed by atoms with Gasteiger partial charge in [-0.2, -0.15) is 0 Å². The van der Waals surface area contributed by atoms with Crippen molar-refractivity contribution in [3.63, 3.8) is 0 Å². The van der Waals surface area contributed by atoms with Gasteiger partial charge in [0.1, 0.15) is 18.2 Å². The van der Waals surface area contributed by atoms with Gasteiger partial charge in [0, 0.05) is 13.6 Å². The molecule has 1 unspecified atom stereocenters. The van der Waals surface area contributed by atoms with Crippen molar-refractivity contribution in [3.05, 3.63) is 30.1 Å². The van der Waals surface area contributed by atoms with Crippen LogP contribution in [0.3, 0.4) is 0 Å². The van der Waals surface area contributed by atoms with Crippen LogP contribution in [0.1, 0.15) is 6.92 Å². The number of carbonyl (C=O) groups excluding carboxylic acids is 2. The van der Waals surface area contributed by atoms with Crippen LogP contribution in [-0.4, -0.2) is 50.1 Å². The smallest absolute Gasteiger partial charge is 0.321 e. The molecule has 3 amide bonds. The first kappa shape index (κ1) is 16.9. The first-order valence-corrected chi connectivity index (χ1v) is 6.55. The number of halogens is 1. The highest BCUT2D eigenvalue weighted by Gasteiger charge is 2.19. The fourth-order valence-electron chi connectivity index (χ4n) is 1.51. The molecular weight excluding hydrogens is 277 g/mol. The summed E-state index contributed by atoms with van der Waals surface area (Å²) in [6.07, 6.45) is 0. The van der Waals surface area contributed by atoms with Gasteiger partial charge in [-0.3, -0.25) is 15.0 Å². The molecule has 2 N–H and O–H groups in total. The molecule has 1 atom stereocenters. The van der Waals surface area contributed by atoms with Crippen molar-refractivity contribution >= 4 is 11.9 Å². The first-order chi connectivity index (χ1) is 9.93. The average molecular weight is 297 g/mol. The molecule has 0 saturated carbocycles. The van der Waals surface area contributed by atoms with Crippen molar-refractivity contribution in [1.82, 2.24) is 15.5 Å². The fourth-order valence-corrected chi connectivity index (χ4v) is 1.51. The number of imide groups is 1. The van der Waals surface area contributed by atoms with Crippen molar-refractivity contribution in [3.8, 4) is 5.75 Å². The second-order valence-electron chi connectivity index (χ2n) is 4.53. The number of nitrogens with zero attached hydrogens (tertiary/aromatic N) is 1. The van der Waals surface area contributed by atoms with Gasteiger partial charge in [-0.05, 0) is 38.2 Å². The van der Waals surface area contributed by atoms with Crippen molar-refractivity contribution in [2.24, 2.45) is 0 Å². The molecule has 0 heterocycles. The van der Waals surface area contributed by atoms with E-state index in [1.807, 2.05) is 0 Å². The van der Waals surface area contributed by atoms with Crippen LogP contribution in [0, 0.1) is 5.82 Å². The lowest BCUT2D eigenvalue weighted by molar-refractivity contribution is -0.124. The molecule has 21 heavy (non-hydrogen) atoms. The van der Waals surface area contributed by atoms with Crippen molar-refractivity contribution in [1.29, 1.82) is 0 Å². The lowest BCUT2D eigenvalue weighted by Crippen LogP contribution is -2.48. The Morgan fingerprint density at radius 2 is 1.95 bits per heavy atom. The van der Waals surface area contributed by atoms with E-state index in [4.69, 9.17) is 4.74 Å². The number of carbonyl (C=O) groups is 2. The minimum atomic E-state index is -0.539. The molecule has 1 aromatic rings. The van der Waals surface area contributed by atoms with Gasteiger partial charge >= 0.3 is 6.03 Å². The van der Waals surface area contributed by atoms with Gasteiger partial charge in [-0.15, -0.1) is 0 Å². The summed E-state index contributed by atoms with van der Waals surface area (Å²) in [4.78, 5) is 24.5. The van der Waals surface area contributed by atoms with E-state index < -0.39 is 18.0 Å². The Hall–Kier alpha value is -2.15. The van der Waals surface area contributed by atoms with E-state index in [0.717, 1.165) is 0 Å². The summed E-state index contributed by atoms with van der Waals surface area (Å²) in [6.45, 7) is 2.52. The van der Waals surface area contributed by atoms with E-state index in [-0.39, 0.29) is 5.82 Å². The Labute approximate surface area is 123 Å². The minimum Gasteiger partial charge on any atom is -0.492 e. The summed E-state index contributed by atoms with van der Waals surface area (Å²) >= 11 is 0. The van der Waals surface area contributed by atoms with Gasteiger partial charge in [0.25, 0.3) is 0 Å². The quantitative estimate of drug-likeness (QED) is 0.821. The highest BCUT2D eigenvalue weighted by molar-refractivity contribution is 5.96. The third kappa shape index (κ3) is 5.78. The molecular formula is C14H20FN3O3. The molecule has 116 valence electrons. The summed E-state index contributed by atoms with van der Waals surface area (Å²) in [5, 5.41) is 4.53. The monoisotopic (exact) mass is 297 g/mol.